The fourth-order valence-electron chi connectivity index (χ4n) is 1.62. The lowest BCUT2D eigenvalue weighted by Gasteiger charge is -2.18. The molecule has 0 aliphatic heterocycles. The number of nitrogens with two attached hydrogens (primary N) is 1. The van der Waals surface area contributed by atoms with Gasteiger partial charge in [-0.05, 0) is 32.7 Å². The Kier molecular flexibility index (Phi) is 9.10. The first-order chi connectivity index (χ1) is 9.36. The van der Waals surface area contributed by atoms with Crippen LogP contribution in [0.1, 0.15) is 39.0 Å². The second-order valence-corrected chi connectivity index (χ2v) is 4.63. The standard InChI is InChI=1S/C12H23N3O5/c1-8(4-2-3-7-13)14-12(20)15-9(11(18)19)5-6-10(16)17/h8-9H,2-7,13H2,1H3,(H,16,17)(H,18,19)(H2,14,15,20)/t8-,9?/m1/s1. The zero-order valence-electron chi connectivity index (χ0n) is 11.6. The summed E-state index contributed by atoms with van der Waals surface area (Å²) in [6.45, 7) is 2.40. The molecular weight excluding hydrogens is 266 g/mol. The summed E-state index contributed by atoms with van der Waals surface area (Å²) in [5.74, 6) is -2.36. The molecule has 0 spiro atoms. The fraction of sp³-hybridized carbons (Fsp3) is 0.750. The average molecular weight is 289 g/mol. The predicted molar refractivity (Wildman–Crippen MR) is 72.3 cm³/mol. The summed E-state index contributed by atoms with van der Waals surface area (Å²) in [6, 6.07) is -1.92. The predicted octanol–water partition coefficient (Wildman–Crippen LogP) is 0.121. The number of carboxylic acids is 2. The van der Waals surface area contributed by atoms with E-state index in [0.717, 1.165) is 19.3 Å². The summed E-state index contributed by atoms with van der Waals surface area (Å²) in [5, 5.41) is 22.3. The van der Waals surface area contributed by atoms with Gasteiger partial charge in [-0.15, -0.1) is 0 Å². The van der Waals surface area contributed by atoms with Crippen molar-refractivity contribution in [3.05, 3.63) is 0 Å². The Morgan fingerprint density at radius 3 is 2.25 bits per heavy atom. The van der Waals surface area contributed by atoms with Crippen LogP contribution in [-0.2, 0) is 9.59 Å². The van der Waals surface area contributed by atoms with Crippen molar-refractivity contribution in [2.75, 3.05) is 6.54 Å². The summed E-state index contributed by atoms with van der Waals surface area (Å²) in [6.07, 6.45) is 2.02. The number of hydrogen-bond acceptors (Lipinski definition) is 4. The monoisotopic (exact) mass is 289 g/mol. The van der Waals surface area contributed by atoms with Gasteiger partial charge in [0.15, 0.2) is 0 Å². The zero-order valence-corrected chi connectivity index (χ0v) is 11.6. The molecule has 8 nitrogen and oxygen atoms in total. The van der Waals surface area contributed by atoms with Gasteiger partial charge in [0.25, 0.3) is 0 Å². The van der Waals surface area contributed by atoms with Crippen LogP contribution in [0.3, 0.4) is 0 Å². The molecule has 1 unspecified atom stereocenters. The van der Waals surface area contributed by atoms with Crippen LogP contribution in [0.25, 0.3) is 0 Å². The third-order valence-electron chi connectivity index (χ3n) is 2.72. The van der Waals surface area contributed by atoms with Crippen molar-refractivity contribution in [3.63, 3.8) is 0 Å². The van der Waals surface area contributed by atoms with E-state index in [9.17, 15) is 14.4 Å². The van der Waals surface area contributed by atoms with Crippen molar-refractivity contribution >= 4 is 18.0 Å². The van der Waals surface area contributed by atoms with Crippen LogP contribution >= 0.6 is 0 Å². The number of nitrogens with one attached hydrogen (secondary N) is 2. The Morgan fingerprint density at radius 1 is 1.10 bits per heavy atom. The molecule has 0 rings (SSSR count). The molecule has 0 fully saturated rings. The van der Waals surface area contributed by atoms with Crippen LogP contribution in [0.2, 0.25) is 0 Å². The maximum atomic E-state index is 11.6. The molecule has 0 aromatic rings. The van der Waals surface area contributed by atoms with E-state index >= 15 is 0 Å². The highest BCUT2D eigenvalue weighted by Crippen LogP contribution is 2.01. The molecule has 8 heteroatoms. The van der Waals surface area contributed by atoms with Gasteiger partial charge in [0, 0.05) is 12.5 Å². The van der Waals surface area contributed by atoms with Gasteiger partial charge in [0.2, 0.25) is 0 Å². The van der Waals surface area contributed by atoms with Crippen LogP contribution < -0.4 is 16.4 Å². The Hall–Kier alpha value is -1.83. The third-order valence-corrected chi connectivity index (χ3v) is 2.72. The molecule has 0 saturated heterocycles. The number of urea groups is 1. The normalized spacial score (nSPS) is 13.3. The molecule has 0 aromatic heterocycles. The molecule has 116 valence electrons. The maximum Gasteiger partial charge on any atom is 0.326 e. The van der Waals surface area contributed by atoms with Crippen LogP contribution in [0, 0.1) is 0 Å². The first-order valence-corrected chi connectivity index (χ1v) is 6.58. The van der Waals surface area contributed by atoms with Gasteiger partial charge in [-0.2, -0.15) is 0 Å². The highest BCUT2D eigenvalue weighted by atomic mass is 16.4. The number of hydrogen-bond donors (Lipinski definition) is 5. The Labute approximate surface area is 117 Å². The molecule has 2 atom stereocenters. The maximum absolute atomic E-state index is 11.6. The van der Waals surface area contributed by atoms with Crippen molar-refractivity contribution in [2.24, 2.45) is 5.73 Å². The molecule has 2 amide bonds. The van der Waals surface area contributed by atoms with E-state index in [0.29, 0.717) is 6.54 Å². The lowest BCUT2D eigenvalue weighted by Crippen LogP contribution is -2.48. The molecule has 0 heterocycles. The number of amides is 2. The van der Waals surface area contributed by atoms with Gasteiger partial charge >= 0.3 is 18.0 Å². The summed E-state index contributed by atoms with van der Waals surface area (Å²) >= 11 is 0. The number of rotatable bonds is 10. The number of carbonyl (C=O) groups is 3. The van der Waals surface area contributed by atoms with Crippen LogP contribution in [-0.4, -0.2) is 46.8 Å². The average Bonchev–Trinajstić information content (AvgIpc) is 2.34. The summed E-state index contributed by atoms with van der Waals surface area (Å²) in [5.41, 5.74) is 5.36. The Morgan fingerprint density at radius 2 is 1.75 bits per heavy atom. The molecule has 0 bridgehead atoms. The summed E-state index contributed by atoms with van der Waals surface area (Å²) < 4.78 is 0. The van der Waals surface area contributed by atoms with E-state index in [4.69, 9.17) is 15.9 Å². The number of carbonyl (C=O) groups excluding carboxylic acids is 1. The van der Waals surface area contributed by atoms with E-state index in [-0.39, 0.29) is 18.9 Å². The molecule has 0 saturated carbocycles. The fourth-order valence-corrected chi connectivity index (χ4v) is 1.62. The Balaban J connectivity index is 4.11. The zero-order chi connectivity index (χ0) is 15.5. The van der Waals surface area contributed by atoms with Gasteiger partial charge in [0.1, 0.15) is 6.04 Å². The number of unbranched alkanes of at least 4 members (excludes halogenated alkanes) is 1. The number of carboxylic acid groups (broad SMARTS) is 2. The van der Waals surface area contributed by atoms with E-state index in [1.807, 2.05) is 6.92 Å². The van der Waals surface area contributed by atoms with Gasteiger partial charge in [-0.1, -0.05) is 6.42 Å². The first kappa shape index (κ1) is 18.2. The van der Waals surface area contributed by atoms with E-state index in [1.54, 1.807) is 0 Å². The highest BCUT2D eigenvalue weighted by molar-refractivity contribution is 5.83. The lowest BCUT2D eigenvalue weighted by atomic mass is 10.1. The number of aliphatic carboxylic acids is 2. The second kappa shape index (κ2) is 10.0. The largest absolute Gasteiger partial charge is 0.481 e. The second-order valence-electron chi connectivity index (χ2n) is 4.63. The van der Waals surface area contributed by atoms with Crippen molar-refractivity contribution in [1.29, 1.82) is 0 Å². The topological polar surface area (TPSA) is 142 Å². The third kappa shape index (κ3) is 9.15. The molecule has 0 radical (unpaired) electrons. The smallest absolute Gasteiger partial charge is 0.326 e. The van der Waals surface area contributed by atoms with Crippen molar-refractivity contribution < 1.29 is 24.6 Å². The minimum absolute atomic E-state index is 0.101. The van der Waals surface area contributed by atoms with Crippen molar-refractivity contribution in [2.45, 2.75) is 51.1 Å². The first-order valence-electron chi connectivity index (χ1n) is 6.58. The van der Waals surface area contributed by atoms with Gasteiger partial charge in [0.05, 0.1) is 0 Å². The Bertz CT molecular complexity index is 335. The van der Waals surface area contributed by atoms with Crippen molar-refractivity contribution in [1.82, 2.24) is 10.6 Å². The van der Waals surface area contributed by atoms with E-state index in [1.165, 1.54) is 0 Å². The highest BCUT2D eigenvalue weighted by Gasteiger charge is 2.21. The summed E-state index contributed by atoms with van der Waals surface area (Å²) in [7, 11) is 0. The quantitative estimate of drug-likeness (QED) is 0.362. The van der Waals surface area contributed by atoms with Gasteiger partial charge in [-0.25, -0.2) is 9.59 Å². The van der Waals surface area contributed by atoms with E-state index < -0.39 is 24.0 Å². The van der Waals surface area contributed by atoms with Crippen LogP contribution in [0.4, 0.5) is 4.79 Å². The van der Waals surface area contributed by atoms with Crippen molar-refractivity contribution in [3.8, 4) is 0 Å². The lowest BCUT2D eigenvalue weighted by molar-refractivity contribution is -0.140. The molecule has 20 heavy (non-hydrogen) atoms. The minimum atomic E-state index is -1.25. The minimum Gasteiger partial charge on any atom is -0.481 e. The molecular formula is C12H23N3O5. The van der Waals surface area contributed by atoms with Gasteiger partial charge < -0.3 is 26.6 Å². The molecule has 0 aromatic carbocycles. The summed E-state index contributed by atoms with van der Waals surface area (Å²) in [4.78, 5) is 32.9. The van der Waals surface area contributed by atoms with Crippen LogP contribution in [0.15, 0.2) is 0 Å². The SMILES string of the molecule is C[C@H](CCCCN)NC(=O)NC(CCC(=O)O)C(=O)O. The van der Waals surface area contributed by atoms with Gasteiger partial charge in [-0.3, -0.25) is 4.79 Å². The molecule has 6 N–H and O–H groups in total. The van der Waals surface area contributed by atoms with E-state index in [2.05, 4.69) is 10.6 Å². The molecule has 0 aliphatic rings. The molecule has 0 aliphatic carbocycles. The van der Waals surface area contributed by atoms with Crippen LogP contribution in [0.5, 0.6) is 0 Å².